The number of ether oxygens (including phenoxy) is 1. The van der Waals surface area contributed by atoms with Crippen molar-refractivity contribution in [2.45, 2.75) is 20.0 Å². The molecule has 3 nitrogen and oxygen atoms in total. The van der Waals surface area contributed by atoms with Gasteiger partial charge < -0.3 is 15.6 Å². The number of rotatable bonds is 3. The lowest BCUT2D eigenvalue weighted by Gasteiger charge is -2.16. The zero-order valence-corrected chi connectivity index (χ0v) is 8.87. The van der Waals surface area contributed by atoms with Gasteiger partial charge in [-0.2, -0.15) is 0 Å². The molecule has 0 saturated heterocycles. The van der Waals surface area contributed by atoms with Gasteiger partial charge in [0.05, 0.1) is 13.2 Å². The van der Waals surface area contributed by atoms with Crippen molar-refractivity contribution in [2.24, 2.45) is 5.73 Å². The van der Waals surface area contributed by atoms with E-state index < -0.39 is 6.10 Å². The Morgan fingerprint density at radius 2 is 2.07 bits per heavy atom. The molecule has 14 heavy (non-hydrogen) atoms. The summed E-state index contributed by atoms with van der Waals surface area (Å²) in [5, 5.41) is 9.71. The average molecular weight is 195 g/mol. The van der Waals surface area contributed by atoms with E-state index in [9.17, 15) is 5.11 Å². The molecule has 1 rings (SSSR count). The van der Waals surface area contributed by atoms with Gasteiger partial charge in [0.1, 0.15) is 5.75 Å². The van der Waals surface area contributed by atoms with Gasteiger partial charge in [-0.1, -0.05) is 6.07 Å². The van der Waals surface area contributed by atoms with Gasteiger partial charge in [0.25, 0.3) is 0 Å². The zero-order chi connectivity index (χ0) is 10.7. The molecule has 0 aromatic heterocycles. The second-order valence-electron chi connectivity index (χ2n) is 3.45. The van der Waals surface area contributed by atoms with E-state index >= 15 is 0 Å². The van der Waals surface area contributed by atoms with Crippen molar-refractivity contribution in [2.75, 3.05) is 13.7 Å². The molecule has 78 valence electrons. The van der Waals surface area contributed by atoms with Crippen LogP contribution in [-0.2, 0) is 0 Å². The second kappa shape index (κ2) is 4.44. The first-order valence-electron chi connectivity index (χ1n) is 4.63. The minimum atomic E-state index is -0.648. The van der Waals surface area contributed by atoms with Gasteiger partial charge in [-0.25, -0.2) is 0 Å². The number of hydrogen-bond donors (Lipinski definition) is 2. The van der Waals surface area contributed by atoms with Crippen molar-refractivity contribution >= 4 is 0 Å². The Kier molecular flexibility index (Phi) is 3.49. The van der Waals surface area contributed by atoms with E-state index in [2.05, 4.69) is 0 Å². The molecule has 0 aliphatic heterocycles. The van der Waals surface area contributed by atoms with E-state index in [0.29, 0.717) is 5.75 Å². The van der Waals surface area contributed by atoms with E-state index in [4.69, 9.17) is 10.5 Å². The number of hydrogen-bond acceptors (Lipinski definition) is 3. The van der Waals surface area contributed by atoms with Crippen LogP contribution in [0.15, 0.2) is 12.1 Å². The average Bonchev–Trinajstić information content (AvgIpc) is 2.15. The Balaban J connectivity index is 3.24. The molecule has 0 radical (unpaired) electrons. The molecule has 1 atom stereocenters. The van der Waals surface area contributed by atoms with Gasteiger partial charge >= 0.3 is 0 Å². The molecule has 0 amide bonds. The molecule has 0 aliphatic carbocycles. The molecule has 0 saturated carbocycles. The predicted molar refractivity (Wildman–Crippen MR) is 56.5 cm³/mol. The highest BCUT2D eigenvalue weighted by atomic mass is 16.5. The summed E-state index contributed by atoms with van der Waals surface area (Å²) in [6.45, 7) is 4.15. The summed E-state index contributed by atoms with van der Waals surface area (Å²) >= 11 is 0. The Hall–Kier alpha value is -1.06. The Morgan fingerprint density at radius 1 is 1.43 bits per heavy atom. The van der Waals surface area contributed by atoms with E-state index in [1.54, 1.807) is 7.11 Å². The number of aliphatic hydroxyl groups excluding tert-OH is 1. The van der Waals surface area contributed by atoms with Crippen molar-refractivity contribution in [3.63, 3.8) is 0 Å². The largest absolute Gasteiger partial charge is 0.496 e. The lowest BCUT2D eigenvalue weighted by atomic mass is 10.00. The van der Waals surface area contributed by atoms with E-state index in [-0.39, 0.29) is 6.54 Å². The summed E-state index contributed by atoms with van der Waals surface area (Å²) in [4.78, 5) is 0. The highest BCUT2D eigenvalue weighted by molar-refractivity contribution is 5.44. The van der Waals surface area contributed by atoms with Crippen LogP contribution in [0.25, 0.3) is 0 Å². The first-order chi connectivity index (χ1) is 6.60. The third-order valence-electron chi connectivity index (χ3n) is 2.27. The first kappa shape index (κ1) is 11.0. The lowest BCUT2D eigenvalue weighted by molar-refractivity contribution is 0.181. The van der Waals surface area contributed by atoms with Gasteiger partial charge in [0, 0.05) is 12.1 Å². The number of nitrogens with two attached hydrogens (primary N) is 1. The maximum Gasteiger partial charge on any atom is 0.125 e. The summed E-state index contributed by atoms with van der Waals surface area (Å²) in [6.07, 6.45) is -0.648. The predicted octanol–water partition coefficient (Wildman–Crippen LogP) is 1.30. The third kappa shape index (κ3) is 2.05. The molecule has 0 heterocycles. The monoisotopic (exact) mass is 195 g/mol. The van der Waals surface area contributed by atoms with Gasteiger partial charge in [-0.3, -0.25) is 0 Å². The van der Waals surface area contributed by atoms with Crippen LogP contribution in [0.2, 0.25) is 0 Å². The Labute approximate surface area is 84.5 Å². The number of methoxy groups -OCH3 is 1. The van der Waals surface area contributed by atoms with Crippen LogP contribution in [0.5, 0.6) is 5.75 Å². The van der Waals surface area contributed by atoms with Gasteiger partial charge in [0.2, 0.25) is 0 Å². The molecular formula is C11H17NO2. The molecule has 0 fully saturated rings. The smallest absolute Gasteiger partial charge is 0.125 e. The van der Waals surface area contributed by atoms with Crippen LogP contribution >= 0.6 is 0 Å². The van der Waals surface area contributed by atoms with Crippen LogP contribution in [0.4, 0.5) is 0 Å². The molecule has 1 unspecified atom stereocenters. The molecule has 3 N–H and O–H groups in total. The van der Waals surface area contributed by atoms with Crippen molar-refractivity contribution in [1.82, 2.24) is 0 Å². The lowest BCUT2D eigenvalue weighted by Crippen LogP contribution is -2.14. The fourth-order valence-electron chi connectivity index (χ4n) is 1.65. The van der Waals surface area contributed by atoms with Gasteiger partial charge in [0.15, 0.2) is 0 Å². The molecule has 0 bridgehead atoms. The molecule has 1 aromatic carbocycles. The normalized spacial score (nSPS) is 12.6. The van der Waals surface area contributed by atoms with Crippen LogP contribution in [0.1, 0.15) is 22.8 Å². The van der Waals surface area contributed by atoms with Gasteiger partial charge in [-0.15, -0.1) is 0 Å². The summed E-state index contributed by atoms with van der Waals surface area (Å²) in [6, 6.07) is 3.91. The van der Waals surface area contributed by atoms with Crippen LogP contribution in [-0.4, -0.2) is 18.8 Å². The fourth-order valence-corrected chi connectivity index (χ4v) is 1.65. The maximum absolute atomic E-state index is 9.71. The number of aliphatic hydroxyl groups is 1. The zero-order valence-electron chi connectivity index (χ0n) is 8.87. The Bertz CT molecular complexity index is 323. The highest BCUT2D eigenvalue weighted by Gasteiger charge is 2.14. The van der Waals surface area contributed by atoms with Crippen molar-refractivity contribution in [3.8, 4) is 5.75 Å². The molecule has 0 aliphatic rings. The molecule has 1 aromatic rings. The van der Waals surface area contributed by atoms with Gasteiger partial charge in [-0.05, 0) is 31.0 Å². The van der Waals surface area contributed by atoms with Crippen LogP contribution in [0.3, 0.4) is 0 Å². The summed E-state index contributed by atoms with van der Waals surface area (Å²) in [5.74, 6) is 0.709. The van der Waals surface area contributed by atoms with E-state index in [1.807, 2.05) is 26.0 Å². The van der Waals surface area contributed by atoms with Crippen molar-refractivity contribution in [1.29, 1.82) is 0 Å². The summed E-state index contributed by atoms with van der Waals surface area (Å²) < 4.78 is 5.21. The number of benzene rings is 1. The van der Waals surface area contributed by atoms with E-state index in [1.165, 1.54) is 0 Å². The standard InChI is InChI=1S/C11H17NO2/c1-7-4-8(2)11(9(13)6-12)10(5-7)14-3/h4-5,9,13H,6,12H2,1-3H3. The second-order valence-corrected chi connectivity index (χ2v) is 3.45. The minimum absolute atomic E-state index is 0.209. The molecule has 0 spiro atoms. The molecular weight excluding hydrogens is 178 g/mol. The maximum atomic E-state index is 9.71. The minimum Gasteiger partial charge on any atom is -0.496 e. The number of aryl methyl sites for hydroxylation is 2. The highest BCUT2D eigenvalue weighted by Crippen LogP contribution is 2.29. The topological polar surface area (TPSA) is 55.5 Å². The fraction of sp³-hybridized carbons (Fsp3) is 0.455. The summed E-state index contributed by atoms with van der Waals surface area (Å²) in [5.41, 5.74) is 8.35. The van der Waals surface area contributed by atoms with Crippen molar-refractivity contribution in [3.05, 3.63) is 28.8 Å². The Morgan fingerprint density at radius 3 is 2.57 bits per heavy atom. The molecule has 3 heteroatoms. The van der Waals surface area contributed by atoms with Crippen LogP contribution in [0, 0.1) is 13.8 Å². The van der Waals surface area contributed by atoms with Crippen LogP contribution < -0.4 is 10.5 Å². The van der Waals surface area contributed by atoms with Crippen molar-refractivity contribution < 1.29 is 9.84 Å². The third-order valence-corrected chi connectivity index (χ3v) is 2.27. The SMILES string of the molecule is COc1cc(C)cc(C)c1C(O)CN. The quantitative estimate of drug-likeness (QED) is 0.764. The summed E-state index contributed by atoms with van der Waals surface area (Å²) in [7, 11) is 1.60. The van der Waals surface area contributed by atoms with E-state index in [0.717, 1.165) is 16.7 Å². The first-order valence-corrected chi connectivity index (χ1v) is 4.63.